The van der Waals surface area contributed by atoms with Crippen LogP contribution in [-0.2, 0) is 14.3 Å². The van der Waals surface area contributed by atoms with Crippen LogP contribution < -0.4 is 0 Å². The Balaban J connectivity index is 2.35. The maximum atomic E-state index is 11.0. The molecule has 1 saturated heterocycles. The van der Waals surface area contributed by atoms with Crippen molar-refractivity contribution in [3.8, 4) is 0 Å². The highest BCUT2D eigenvalue weighted by atomic mass is 16.5. The van der Waals surface area contributed by atoms with Gasteiger partial charge in [-0.25, -0.2) is 0 Å². The van der Waals surface area contributed by atoms with Crippen molar-refractivity contribution in [1.82, 2.24) is 4.90 Å². The average Bonchev–Trinajstić information content (AvgIpc) is 2.64. The largest absolute Gasteiger partial charge is 0.383 e. The van der Waals surface area contributed by atoms with Gasteiger partial charge in [0.2, 0.25) is 0 Å². The number of carbonyl (C=O) groups is 1. The van der Waals surface area contributed by atoms with E-state index in [4.69, 9.17) is 9.47 Å². The van der Waals surface area contributed by atoms with Crippen molar-refractivity contribution in [2.45, 2.75) is 6.42 Å². The second kappa shape index (κ2) is 5.44. The van der Waals surface area contributed by atoms with Gasteiger partial charge in [-0.15, -0.1) is 0 Å². The first-order valence-corrected chi connectivity index (χ1v) is 4.94. The summed E-state index contributed by atoms with van der Waals surface area (Å²) in [5.74, 6) is 0. The summed E-state index contributed by atoms with van der Waals surface area (Å²) in [5, 5.41) is 0. The van der Waals surface area contributed by atoms with Gasteiger partial charge in [0.05, 0.1) is 18.6 Å². The molecule has 1 heterocycles. The summed E-state index contributed by atoms with van der Waals surface area (Å²) in [7, 11) is 3.69. The van der Waals surface area contributed by atoms with Crippen LogP contribution in [0.1, 0.15) is 6.42 Å². The maximum absolute atomic E-state index is 11.0. The van der Waals surface area contributed by atoms with Crippen molar-refractivity contribution in [1.29, 1.82) is 0 Å². The van der Waals surface area contributed by atoms with Crippen LogP contribution >= 0.6 is 0 Å². The molecule has 1 rings (SSSR count). The Bertz CT molecular complexity index is 178. The first kappa shape index (κ1) is 11.6. The lowest BCUT2D eigenvalue weighted by Gasteiger charge is -2.26. The van der Waals surface area contributed by atoms with Crippen molar-refractivity contribution in [3.63, 3.8) is 0 Å². The molecule has 0 spiro atoms. The van der Waals surface area contributed by atoms with Gasteiger partial charge in [0.1, 0.15) is 6.29 Å². The van der Waals surface area contributed by atoms with E-state index in [1.54, 1.807) is 7.11 Å². The summed E-state index contributed by atoms with van der Waals surface area (Å²) < 4.78 is 10.2. The Hall–Kier alpha value is -0.450. The van der Waals surface area contributed by atoms with E-state index in [2.05, 4.69) is 4.90 Å². The summed E-state index contributed by atoms with van der Waals surface area (Å²) in [4.78, 5) is 13.1. The number of hydrogen-bond acceptors (Lipinski definition) is 4. The Kier molecular flexibility index (Phi) is 4.51. The third-order valence-corrected chi connectivity index (χ3v) is 2.65. The van der Waals surface area contributed by atoms with E-state index in [0.717, 1.165) is 25.8 Å². The van der Waals surface area contributed by atoms with Crippen molar-refractivity contribution in [2.75, 3.05) is 47.1 Å². The molecule has 4 heteroatoms. The molecule has 1 atom stereocenters. The van der Waals surface area contributed by atoms with Crippen LogP contribution in [0, 0.1) is 5.41 Å². The number of nitrogens with zero attached hydrogens (tertiary/aromatic N) is 1. The highest BCUT2D eigenvalue weighted by molar-refractivity contribution is 5.60. The number of likely N-dealkylation sites (N-methyl/N-ethyl adjacent to an activating group) is 1. The van der Waals surface area contributed by atoms with Crippen LogP contribution in [0.3, 0.4) is 0 Å². The SMILES string of the molecule is COCCN(C)CC1(C=O)CCOC1. The van der Waals surface area contributed by atoms with E-state index in [1.807, 2.05) is 7.05 Å². The zero-order valence-electron chi connectivity index (χ0n) is 8.99. The standard InChI is InChI=1S/C10H19NO3/c1-11(4-6-13-2)7-10(8-12)3-5-14-9-10/h8H,3-7,9H2,1-2H3. The molecule has 0 aromatic rings. The highest BCUT2D eigenvalue weighted by Gasteiger charge is 2.35. The topological polar surface area (TPSA) is 38.8 Å². The lowest BCUT2D eigenvalue weighted by Crippen LogP contribution is -2.38. The Labute approximate surface area is 85.2 Å². The van der Waals surface area contributed by atoms with Gasteiger partial charge in [0.25, 0.3) is 0 Å². The van der Waals surface area contributed by atoms with Gasteiger partial charge in [-0.1, -0.05) is 0 Å². The number of ether oxygens (including phenoxy) is 2. The van der Waals surface area contributed by atoms with Crippen LogP contribution in [0.5, 0.6) is 0 Å². The lowest BCUT2D eigenvalue weighted by atomic mass is 9.89. The summed E-state index contributed by atoms with van der Waals surface area (Å²) >= 11 is 0. The molecular formula is C10H19NO3. The second-order valence-corrected chi connectivity index (χ2v) is 4.01. The Morgan fingerprint density at radius 1 is 1.64 bits per heavy atom. The zero-order chi connectivity index (χ0) is 10.4. The van der Waals surface area contributed by atoms with Crippen LogP contribution in [0.15, 0.2) is 0 Å². The molecular weight excluding hydrogens is 182 g/mol. The molecule has 4 nitrogen and oxygen atoms in total. The zero-order valence-corrected chi connectivity index (χ0v) is 8.99. The minimum Gasteiger partial charge on any atom is -0.383 e. The van der Waals surface area contributed by atoms with E-state index in [9.17, 15) is 4.79 Å². The number of rotatable bonds is 6. The number of aldehydes is 1. The molecule has 1 aliphatic rings. The fourth-order valence-electron chi connectivity index (χ4n) is 1.74. The van der Waals surface area contributed by atoms with Gasteiger partial charge >= 0.3 is 0 Å². The van der Waals surface area contributed by atoms with Crippen LogP contribution in [0.25, 0.3) is 0 Å². The van der Waals surface area contributed by atoms with Crippen molar-refractivity contribution in [3.05, 3.63) is 0 Å². The third-order valence-electron chi connectivity index (χ3n) is 2.65. The molecule has 0 aromatic heterocycles. The molecule has 0 amide bonds. The molecule has 0 N–H and O–H groups in total. The normalized spacial score (nSPS) is 27.1. The van der Waals surface area contributed by atoms with Crippen molar-refractivity contribution in [2.24, 2.45) is 5.41 Å². The van der Waals surface area contributed by atoms with Gasteiger partial charge in [0.15, 0.2) is 0 Å². The molecule has 1 aliphatic heterocycles. The Morgan fingerprint density at radius 3 is 2.93 bits per heavy atom. The van der Waals surface area contributed by atoms with E-state index in [0.29, 0.717) is 19.8 Å². The molecule has 14 heavy (non-hydrogen) atoms. The molecule has 0 bridgehead atoms. The van der Waals surface area contributed by atoms with Crippen LogP contribution in [0.2, 0.25) is 0 Å². The molecule has 1 unspecified atom stereocenters. The second-order valence-electron chi connectivity index (χ2n) is 4.01. The molecule has 1 fully saturated rings. The van der Waals surface area contributed by atoms with E-state index < -0.39 is 0 Å². The molecule has 0 aromatic carbocycles. The predicted octanol–water partition coefficient (Wildman–Crippen LogP) is 0.170. The minimum atomic E-state index is -0.275. The van der Waals surface area contributed by atoms with E-state index in [-0.39, 0.29) is 5.41 Å². The Morgan fingerprint density at radius 2 is 2.43 bits per heavy atom. The predicted molar refractivity (Wildman–Crippen MR) is 53.3 cm³/mol. The molecule has 82 valence electrons. The lowest BCUT2D eigenvalue weighted by molar-refractivity contribution is -0.117. The molecule has 0 radical (unpaired) electrons. The third kappa shape index (κ3) is 3.04. The van der Waals surface area contributed by atoms with Crippen molar-refractivity contribution < 1.29 is 14.3 Å². The number of methoxy groups -OCH3 is 1. The molecule has 0 saturated carbocycles. The highest BCUT2D eigenvalue weighted by Crippen LogP contribution is 2.26. The van der Waals surface area contributed by atoms with Crippen LogP contribution in [-0.4, -0.2) is 58.3 Å². The van der Waals surface area contributed by atoms with Gasteiger partial charge in [-0.2, -0.15) is 0 Å². The van der Waals surface area contributed by atoms with Gasteiger partial charge in [0, 0.05) is 26.8 Å². The maximum Gasteiger partial charge on any atom is 0.129 e. The monoisotopic (exact) mass is 201 g/mol. The van der Waals surface area contributed by atoms with Gasteiger partial charge in [-0.3, -0.25) is 0 Å². The number of carbonyl (C=O) groups excluding carboxylic acids is 1. The fraction of sp³-hybridized carbons (Fsp3) is 0.900. The van der Waals surface area contributed by atoms with Crippen LogP contribution in [0.4, 0.5) is 0 Å². The van der Waals surface area contributed by atoms with E-state index >= 15 is 0 Å². The van der Waals surface area contributed by atoms with Gasteiger partial charge in [-0.05, 0) is 13.5 Å². The van der Waals surface area contributed by atoms with Gasteiger partial charge < -0.3 is 19.2 Å². The first-order valence-electron chi connectivity index (χ1n) is 4.94. The minimum absolute atomic E-state index is 0.275. The smallest absolute Gasteiger partial charge is 0.129 e. The summed E-state index contributed by atoms with van der Waals surface area (Å²) in [6.45, 7) is 3.59. The quantitative estimate of drug-likeness (QED) is 0.574. The first-order chi connectivity index (χ1) is 6.72. The number of hydrogen-bond donors (Lipinski definition) is 0. The average molecular weight is 201 g/mol. The van der Waals surface area contributed by atoms with E-state index in [1.165, 1.54) is 0 Å². The van der Waals surface area contributed by atoms with Crippen molar-refractivity contribution >= 4 is 6.29 Å². The summed E-state index contributed by atoms with van der Waals surface area (Å²) in [5.41, 5.74) is -0.275. The molecule has 0 aliphatic carbocycles. The summed E-state index contributed by atoms with van der Waals surface area (Å²) in [6.07, 6.45) is 1.89. The summed E-state index contributed by atoms with van der Waals surface area (Å²) in [6, 6.07) is 0. The fourth-order valence-corrected chi connectivity index (χ4v) is 1.74.